The number of phenolic OH excluding ortho intramolecular Hbond substituents is 1. The van der Waals surface area contributed by atoms with E-state index < -0.39 is 41.7 Å². The Labute approximate surface area is 227 Å². The molecule has 3 amide bonds. The van der Waals surface area contributed by atoms with E-state index >= 15 is 0 Å². The highest BCUT2D eigenvalue weighted by atomic mass is 16.6. The molecule has 5 N–H and O–H groups in total. The topological polar surface area (TPSA) is 163 Å². The third kappa shape index (κ3) is 12.7. The summed E-state index contributed by atoms with van der Waals surface area (Å²) in [4.78, 5) is 49.2. The molecule has 0 fully saturated rings. The van der Waals surface area contributed by atoms with Crippen LogP contribution < -0.4 is 16.0 Å². The van der Waals surface area contributed by atoms with Crippen molar-refractivity contribution in [3.8, 4) is 5.75 Å². The number of carbonyl (C=O) groups is 4. The summed E-state index contributed by atoms with van der Waals surface area (Å²) in [6.07, 6.45) is -0.309. The molecule has 212 valence electrons. The van der Waals surface area contributed by atoms with Crippen LogP contribution in [-0.4, -0.2) is 58.5 Å². The van der Waals surface area contributed by atoms with Crippen molar-refractivity contribution in [2.75, 3.05) is 6.54 Å². The Bertz CT molecular complexity index is 1080. The highest BCUT2D eigenvalue weighted by Gasteiger charge is 2.27. The molecule has 0 aromatic heterocycles. The zero-order valence-electron chi connectivity index (χ0n) is 22.4. The summed E-state index contributed by atoms with van der Waals surface area (Å²) in [7, 11) is 0. The van der Waals surface area contributed by atoms with E-state index in [-0.39, 0.29) is 25.2 Å². The first-order valence-corrected chi connectivity index (χ1v) is 12.7. The summed E-state index contributed by atoms with van der Waals surface area (Å²) in [6.45, 7) is 5.55. The number of ether oxygens (including phenoxy) is 2. The number of aromatic hydroxyl groups is 1. The van der Waals surface area contributed by atoms with E-state index in [9.17, 15) is 29.4 Å². The van der Waals surface area contributed by atoms with Crippen molar-refractivity contribution in [2.45, 2.75) is 70.7 Å². The van der Waals surface area contributed by atoms with Gasteiger partial charge in [0.25, 0.3) is 0 Å². The normalized spacial score (nSPS) is 12.5. The van der Waals surface area contributed by atoms with Crippen LogP contribution in [0.4, 0.5) is 9.59 Å². The summed E-state index contributed by atoms with van der Waals surface area (Å²) < 4.78 is 10.4. The van der Waals surface area contributed by atoms with Gasteiger partial charge in [-0.25, -0.2) is 14.4 Å². The molecule has 2 atom stereocenters. The largest absolute Gasteiger partial charge is 0.508 e. The van der Waals surface area contributed by atoms with E-state index in [0.29, 0.717) is 24.9 Å². The van der Waals surface area contributed by atoms with Crippen molar-refractivity contribution in [1.82, 2.24) is 16.0 Å². The summed E-state index contributed by atoms with van der Waals surface area (Å²) in [6, 6.07) is 12.7. The molecular formula is C28H37N3O8. The van der Waals surface area contributed by atoms with Crippen molar-refractivity contribution >= 4 is 24.1 Å². The summed E-state index contributed by atoms with van der Waals surface area (Å²) >= 11 is 0. The summed E-state index contributed by atoms with van der Waals surface area (Å²) in [5.41, 5.74) is 0.736. The fraction of sp³-hybridized carbons (Fsp3) is 0.429. The quantitative estimate of drug-likeness (QED) is 0.240. The molecule has 0 unspecified atom stereocenters. The zero-order valence-corrected chi connectivity index (χ0v) is 22.4. The highest BCUT2D eigenvalue weighted by Crippen LogP contribution is 2.12. The number of amides is 3. The Balaban J connectivity index is 1.98. The first-order chi connectivity index (χ1) is 18.4. The van der Waals surface area contributed by atoms with Gasteiger partial charge in [-0.15, -0.1) is 0 Å². The third-order valence-electron chi connectivity index (χ3n) is 5.40. The van der Waals surface area contributed by atoms with E-state index in [1.807, 2.05) is 6.07 Å². The van der Waals surface area contributed by atoms with Crippen molar-refractivity contribution in [2.24, 2.45) is 0 Å². The lowest BCUT2D eigenvalue weighted by molar-refractivity contribution is -0.142. The molecule has 0 saturated carbocycles. The van der Waals surface area contributed by atoms with Gasteiger partial charge in [0.2, 0.25) is 5.91 Å². The minimum Gasteiger partial charge on any atom is -0.508 e. The van der Waals surface area contributed by atoms with Crippen molar-refractivity contribution in [3.63, 3.8) is 0 Å². The maximum absolute atomic E-state index is 13.1. The second-order valence-corrected chi connectivity index (χ2v) is 9.95. The average Bonchev–Trinajstić information content (AvgIpc) is 2.86. The number of carbonyl (C=O) groups excluding carboxylic acids is 3. The molecule has 0 radical (unpaired) electrons. The monoisotopic (exact) mass is 543 g/mol. The van der Waals surface area contributed by atoms with E-state index in [4.69, 9.17) is 9.47 Å². The van der Waals surface area contributed by atoms with Gasteiger partial charge in [0.15, 0.2) is 0 Å². The smallest absolute Gasteiger partial charge is 0.408 e. The number of aliphatic carboxylic acids is 1. The van der Waals surface area contributed by atoms with Gasteiger partial charge >= 0.3 is 18.2 Å². The zero-order chi connectivity index (χ0) is 28.8. The number of benzene rings is 2. The van der Waals surface area contributed by atoms with Crippen LogP contribution in [0.1, 0.15) is 51.2 Å². The Morgan fingerprint density at radius 2 is 1.51 bits per heavy atom. The molecule has 11 nitrogen and oxygen atoms in total. The van der Waals surface area contributed by atoms with Crippen LogP contribution in [0.5, 0.6) is 5.75 Å². The third-order valence-corrected chi connectivity index (χ3v) is 5.40. The van der Waals surface area contributed by atoms with E-state index in [0.717, 1.165) is 5.56 Å². The molecule has 0 aliphatic carbocycles. The molecule has 2 aromatic carbocycles. The van der Waals surface area contributed by atoms with Gasteiger partial charge in [0.05, 0.1) is 0 Å². The molecular weight excluding hydrogens is 506 g/mol. The van der Waals surface area contributed by atoms with E-state index in [2.05, 4.69) is 16.0 Å². The lowest BCUT2D eigenvalue weighted by Crippen LogP contribution is -2.52. The molecule has 0 heterocycles. The van der Waals surface area contributed by atoms with Gasteiger partial charge < -0.3 is 35.6 Å². The van der Waals surface area contributed by atoms with Crippen LogP contribution >= 0.6 is 0 Å². The van der Waals surface area contributed by atoms with Crippen LogP contribution in [0.3, 0.4) is 0 Å². The number of phenols is 1. The second kappa shape index (κ2) is 15.2. The number of unbranched alkanes of at least 4 members (excludes halogenated alkanes) is 1. The van der Waals surface area contributed by atoms with Crippen LogP contribution in [0, 0.1) is 0 Å². The highest BCUT2D eigenvalue weighted by molar-refractivity contribution is 5.89. The Hall–Kier alpha value is -4.28. The number of rotatable bonds is 13. The average molecular weight is 544 g/mol. The minimum atomic E-state index is -1.26. The number of carboxylic acids is 1. The summed E-state index contributed by atoms with van der Waals surface area (Å²) in [5.74, 6) is -1.89. The van der Waals surface area contributed by atoms with Crippen LogP contribution in [-0.2, 0) is 32.1 Å². The Morgan fingerprint density at radius 1 is 0.846 bits per heavy atom. The van der Waals surface area contributed by atoms with E-state index in [1.165, 1.54) is 12.1 Å². The fourth-order valence-electron chi connectivity index (χ4n) is 3.49. The Morgan fingerprint density at radius 3 is 2.13 bits per heavy atom. The van der Waals surface area contributed by atoms with Crippen molar-refractivity contribution < 1.29 is 38.9 Å². The second-order valence-electron chi connectivity index (χ2n) is 9.95. The van der Waals surface area contributed by atoms with Gasteiger partial charge in [-0.2, -0.15) is 0 Å². The fourth-order valence-corrected chi connectivity index (χ4v) is 3.49. The molecule has 0 saturated heterocycles. The van der Waals surface area contributed by atoms with Crippen LogP contribution in [0.25, 0.3) is 0 Å². The molecule has 0 spiro atoms. The van der Waals surface area contributed by atoms with Gasteiger partial charge in [-0.3, -0.25) is 4.79 Å². The molecule has 0 aliphatic heterocycles. The lowest BCUT2D eigenvalue weighted by Gasteiger charge is -2.22. The van der Waals surface area contributed by atoms with E-state index in [1.54, 1.807) is 57.2 Å². The maximum Gasteiger partial charge on any atom is 0.408 e. The lowest BCUT2D eigenvalue weighted by atomic mass is 10.0. The van der Waals surface area contributed by atoms with Crippen molar-refractivity contribution in [3.05, 3.63) is 65.7 Å². The molecule has 0 bridgehead atoms. The summed E-state index contributed by atoms with van der Waals surface area (Å²) in [5, 5.41) is 26.7. The molecule has 11 heteroatoms. The van der Waals surface area contributed by atoms with Gasteiger partial charge in [-0.1, -0.05) is 42.5 Å². The van der Waals surface area contributed by atoms with Gasteiger partial charge in [0, 0.05) is 13.0 Å². The first kappa shape index (κ1) is 30.9. The standard InChI is InChI=1S/C28H37N3O8/c1-28(2,3)39-26(36)29-16-8-7-11-22(31-27(37)38-18-20-9-5-4-6-10-20)24(33)30-23(25(34)35)17-19-12-14-21(32)15-13-19/h4-6,9-10,12-15,22-23,32H,7-8,11,16-18H2,1-3H3,(H,29,36)(H,30,33)(H,31,37)(H,34,35)/t22-,23-/m0/s1. The molecule has 2 rings (SSSR count). The van der Waals surface area contributed by atoms with Crippen molar-refractivity contribution in [1.29, 1.82) is 0 Å². The number of hydrogen-bond donors (Lipinski definition) is 5. The molecule has 0 aliphatic rings. The number of alkyl carbamates (subject to hydrolysis) is 2. The van der Waals surface area contributed by atoms with Crippen LogP contribution in [0.15, 0.2) is 54.6 Å². The molecule has 2 aromatic rings. The number of carboxylic acid groups (broad SMARTS) is 1. The molecule has 39 heavy (non-hydrogen) atoms. The first-order valence-electron chi connectivity index (χ1n) is 12.7. The predicted octanol–water partition coefficient (Wildman–Crippen LogP) is 3.49. The van der Waals surface area contributed by atoms with Gasteiger partial charge in [0.1, 0.15) is 30.0 Å². The number of nitrogens with one attached hydrogen (secondary N) is 3. The number of hydrogen-bond acceptors (Lipinski definition) is 7. The SMILES string of the molecule is CC(C)(C)OC(=O)NCCCC[C@H](NC(=O)OCc1ccccc1)C(=O)N[C@@H](Cc1ccc(O)cc1)C(=O)O. The van der Waals surface area contributed by atoms with Crippen LogP contribution in [0.2, 0.25) is 0 Å². The Kier molecular flexibility index (Phi) is 12.1. The maximum atomic E-state index is 13.1. The predicted molar refractivity (Wildman–Crippen MR) is 143 cm³/mol. The van der Waals surface area contributed by atoms with Gasteiger partial charge in [-0.05, 0) is 63.3 Å². The minimum absolute atomic E-state index is 0.000571.